The van der Waals surface area contributed by atoms with E-state index in [0.29, 0.717) is 11.4 Å². The number of nitrogens with one attached hydrogen (secondary N) is 2. The van der Waals surface area contributed by atoms with Gasteiger partial charge < -0.3 is 9.95 Å². The molecule has 1 heterocycles. The lowest BCUT2D eigenvalue weighted by atomic mass is 10.2. The predicted octanol–water partition coefficient (Wildman–Crippen LogP) is 2.25. The zero-order valence-corrected chi connectivity index (χ0v) is 9.73. The van der Waals surface area contributed by atoms with Crippen LogP contribution in [-0.2, 0) is 6.54 Å². The van der Waals surface area contributed by atoms with Crippen molar-refractivity contribution in [1.82, 2.24) is 16.0 Å². The first-order valence-corrected chi connectivity index (χ1v) is 5.41. The van der Waals surface area contributed by atoms with E-state index in [1.807, 2.05) is 31.2 Å². The lowest BCUT2D eigenvalue weighted by Gasteiger charge is -2.08. The number of aryl methyl sites for hydroxylation is 1. The quantitative estimate of drug-likeness (QED) is 0.772. The van der Waals surface area contributed by atoms with Gasteiger partial charge in [0, 0.05) is 12.6 Å². The highest BCUT2D eigenvalue weighted by Crippen LogP contribution is 2.08. The summed E-state index contributed by atoms with van der Waals surface area (Å²) >= 11 is 0. The van der Waals surface area contributed by atoms with Crippen molar-refractivity contribution in [3.63, 3.8) is 0 Å². The fourth-order valence-corrected chi connectivity index (χ4v) is 1.42. The molecule has 0 aliphatic heterocycles. The summed E-state index contributed by atoms with van der Waals surface area (Å²) in [5, 5.41) is 3.86. The SMILES string of the molecule is C=C(NNCc1ccccc1)c1cc(C)on1. The van der Waals surface area contributed by atoms with Gasteiger partial charge >= 0.3 is 0 Å². The summed E-state index contributed by atoms with van der Waals surface area (Å²) in [5.41, 5.74) is 8.67. The fraction of sp³-hybridized carbons (Fsp3) is 0.154. The van der Waals surface area contributed by atoms with Crippen LogP contribution in [0.2, 0.25) is 0 Å². The predicted molar refractivity (Wildman–Crippen MR) is 66.7 cm³/mol. The van der Waals surface area contributed by atoms with E-state index in [-0.39, 0.29) is 0 Å². The Kier molecular flexibility index (Phi) is 3.57. The van der Waals surface area contributed by atoms with Crippen molar-refractivity contribution in [2.75, 3.05) is 0 Å². The van der Waals surface area contributed by atoms with E-state index in [2.05, 4.69) is 34.7 Å². The molecule has 0 aliphatic carbocycles. The van der Waals surface area contributed by atoms with Gasteiger partial charge in [-0.05, 0) is 12.5 Å². The van der Waals surface area contributed by atoms with Crippen molar-refractivity contribution < 1.29 is 4.52 Å². The number of hydrazine groups is 1. The molecule has 0 saturated carbocycles. The smallest absolute Gasteiger partial charge is 0.134 e. The van der Waals surface area contributed by atoms with Crippen LogP contribution in [0.25, 0.3) is 5.70 Å². The van der Waals surface area contributed by atoms with Crippen molar-refractivity contribution in [3.05, 3.63) is 60.0 Å². The molecule has 88 valence electrons. The summed E-state index contributed by atoms with van der Waals surface area (Å²) in [6.45, 7) is 6.44. The van der Waals surface area contributed by atoms with Gasteiger partial charge in [-0.2, -0.15) is 0 Å². The summed E-state index contributed by atoms with van der Waals surface area (Å²) in [5.74, 6) is 0.769. The van der Waals surface area contributed by atoms with Crippen LogP contribution >= 0.6 is 0 Å². The highest BCUT2D eigenvalue weighted by atomic mass is 16.5. The maximum Gasteiger partial charge on any atom is 0.134 e. The van der Waals surface area contributed by atoms with Crippen LogP contribution in [0.15, 0.2) is 47.5 Å². The van der Waals surface area contributed by atoms with Gasteiger partial charge in [0.15, 0.2) is 0 Å². The Morgan fingerprint density at radius 2 is 2.12 bits per heavy atom. The van der Waals surface area contributed by atoms with Gasteiger partial charge in [-0.15, -0.1) is 0 Å². The minimum absolute atomic E-state index is 0.692. The van der Waals surface area contributed by atoms with E-state index in [9.17, 15) is 0 Å². The second kappa shape index (κ2) is 5.32. The van der Waals surface area contributed by atoms with Gasteiger partial charge in [0.2, 0.25) is 0 Å². The minimum atomic E-state index is 0.692. The zero-order valence-electron chi connectivity index (χ0n) is 9.73. The van der Waals surface area contributed by atoms with Crippen molar-refractivity contribution in [1.29, 1.82) is 0 Å². The topological polar surface area (TPSA) is 50.1 Å². The molecule has 0 bridgehead atoms. The molecule has 17 heavy (non-hydrogen) atoms. The lowest BCUT2D eigenvalue weighted by molar-refractivity contribution is 0.395. The van der Waals surface area contributed by atoms with Gasteiger partial charge in [-0.3, -0.25) is 0 Å². The molecule has 0 atom stereocenters. The van der Waals surface area contributed by atoms with Gasteiger partial charge in [0.25, 0.3) is 0 Å². The molecular weight excluding hydrogens is 214 g/mol. The van der Waals surface area contributed by atoms with Crippen molar-refractivity contribution in [2.45, 2.75) is 13.5 Å². The van der Waals surface area contributed by atoms with Crippen molar-refractivity contribution in [3.8, 4) is 0 Å². The van der Waals surface area contributed by atoms with Crippen LogP contribution in [-0.4, -0.2) is 5.16 Å². The molecule has 2 N–H and O–H groups in total. The highest BCUT2D eigenvalue weighted by Gasteiger charge is 2.03. The van der Waals surface area contributed by atoms with Crippen molar-refractivity contribution >= 4 is 5.70 Å². The third-order valence-electron chi connectivity index (χ3n) is 2.31. The standard InChI is InChI=1S/C13H15N3O/c1-10-8-13(16-17-10)11(2)15-14-9-12-6-4-3-5-7-12/h3-8,14-15H,2,9H2,1H3. The van der Waals surface area contributed by atoms with Crippen LogP contribution in [0.3, 0.4) is 0 Å². The summed E-state index contributed by atoms with van der Waals surface area (Å²) in [6.07, 6.45) is 0. The minimum Gasteiger partial charge on any atom is -0.361 e. The summed E-state index contributed by atoms with van der Waals surface area (Å²) in [6, 6.07) is 11.9. The van der Waals surface area contributed by atoms with Crippen LogP contribution in [0, 0.1) is 6.92 Å². The fourth-order valence-electron chi connectivity index (χ4n) is 1.42. The summed E-state index contributed by atoms with van der Waals surface area (Å²) < 4.78 is 4.97. The van der Waals surface area contributed by atoms with E-state index in [4.69, 9.17) is 4.52 Å². The van der Waals surface area contributed by atoms with Crippen LogP contribution < -0.4 is 10.9 Å². The third kappa shape index (κ3) is 3.19. The van der Waals surface area contributed by atoms with Crippen LogP contribution in [0.4, 0.5) is 0 Å². The molecule has 0 saturated heterocycles. The summed E-state index contributed by atoms with van der Waals surface area (Å²) in [4.78, 5) is 0. The van der Waals surface area contributed by atoms with Crippen LogP contribution in [0.5, 0.6) is 0 Å². The van der Waals surface area contributed by atoms with Crippen LogP contribution in [0.1, 0.15) is 17.0 Å². The molecule has 4 nitrogen and oxygen atoms in total. The van der Waals surface area contributed by atoms with Gasteiger partial charge in [0.05, 0.1) is 5.70 Å². The van der Waals surface area contributed by atoms with Gasteiger partial charge in [-0.25, -0.2) is 5.43 Å². The molecule has 0 amide bonds. The number of benzene rings is 1. The second-order valence-electron chi connectivity index (χ2n) is 3.77. The van der Waals surface area contributed by atoms with E-state index < -0.39 is 0 Å². The average molecular weight is 229 g/mol. The number of rotatable bonds is 5. The Morgan fingerprint density at radius 3 is 2.76 bits per heavy atom. The van der Waals surface area contributed by atoms with E-state index >= 15 is 0 Å². The maximum atomic E-state index is 4.97. The molecule has 0 unspecified atom stereocenters. The Labute approximate surface area is 100 Å². The average Bonchev–Trinajstić information content (AvgIpc) is 2.77. The van der Waals surface area contributed by atoms with E-state index in [1.54, 1.807) is 0 Å². The molecule has 4 heteroatoms. The van der Waals surface area contributed by atoms with Crippen molar-refractivity contribution in [2.24, 2.45) is 0 Å². The molecule has 0 aliphatic rings. The monoisotopic (exact) mass is 229 g/mol. The molecule has 0 radical (unpaired) electrons. The Hall–Kier alpha value is -2.07. The molecular formula is C13H15N3O. The Balaban J connectivity index is 1.81. The van der Waals surface area contributed by atoms with Gasteiger partial charge in [0.1, 0.15) is 11.5 Å². The lowest BCUT2D eigenvalue weighted by Crippen LogP contribution is -2.29. The molecule has 0 fully saturated rings. The Morgan fingerprint density at radius 1 is 1.35 bits per heavy atom. The number of hydrogen-bond acceptors (Lipinski definition) is 4. The summed E-state index contributed by atoms with van der Waals surface area (Å²) in [7, 11) is 0. The zero-order chi connectivity index (χ0) is 12.1. The number of nitrogens with zero attached hydrogens (tertiary/aromatic N) is 1. The second-order valence-corrected chi connectivity index (χ2v) is 3.77. The van der Waals surface area contributed by atoms with E-state index in [1.165, 1.54) is 5.56 Å². The first-order valence-electron chi connectivity index (χ1n) is 5.41. The first-order chi connectivity index (χ1) is 8.25. The molecule has 0 spiro atoms. The molecule has 1 aromatic heterocycles. The van der Waals surface area contributed by atoms with Gasteiger partial charge in [-0.1, -0.05) is 42.1 Å². The largest absolute Gasteiger partial charge is 0.361 e. The maximum absolute atomic E-state index is 4.97. The molecule has 1 aromatic carbocycles. The number of hydrogen-bond donors (Lipinski definition) is 2. The highest BCUT2D eigenvalue weighted by molar-refractivity contribution is 5.57. The first kappa shape index (κ1) is 11.4. The normalized spacial score (nSPS) is 10.2. The Bertz CT molecular complexity index is 490. The molecule has 2 aromatic rings. The van der Waals surface area contributed by atoms with E-state index in [0.717, 1.165) is 12.3 Å². The number of aromatic nitrogens is 1. The third-order valence-corrected chi connectivity index (χ3v) is 2.31. The molecule has 2 rings (SSSR count).